The van der Waals surface area contributed by atoms with Crippen LogP contribution in [0.4, 0.5) is 0 Å². The summed E-state index contributed by atoms with van der Waals surface area (Å²) in [6, 6.07) is 1.98. The minimum Gasteiger partial charge on any atom is -0.356 e. The summed E-state index contributed by atoms with van der Waals surface area (Å²) in [4.78, 5) is 23.7. The maximum absolute atomic E-state index is 12.5. The minimum atomic E-state index is 0.0493. The second-order valence-corrected chi connectivity index (χ2v) is 9.97. The lowest BCUT2D eigenvalue weighted by molar-refractivity contribution is 0.0947. The van der Waals surface area contributed by atoms with Crippen molar-refractivity contribution in [2.24, 2.45) is 5.92 Å². The number of amides is 1. The molecule has 1 aliphatic rings. The van der Waals surface area contributed by atoms with Crippen LogP contribution in [0.5, 0.6) is 0 Å². The fraction of sp³-hybridized carbons (Fsp3) is 0.500. The second-order valence-electron chi connectivity index (χ2n) is 8.72. The van der Waals surface area contributed by atoms with Crippen LogP contribution in [0.2, 0.25) is 0 Å². The summed E-state index contributed by atoms with van der Waals surface area (Å²) < 4.78 is 5.61. The first-order chi connectivity index (χ1) is 14.8. The summed E-state index contributed by atoms with van der Waals surface area (Å²) >= 11 is 1.57. The van der Waals surface area contributed by atoms with E-state index in [1.165, 1.54) is 10.4 Å². The van der Waals surface area contributed by atoms with E-state index in [0.717, 1.165) is 71.2 Å². The molecule has 1 saturated carbocycles. The highest BCUT2D eigenvalue weighted by Gasteiger charge is 2.28. The third-order valence-electron chi connectivity index (χ3n) is 6.51. The molecule has 0 atom stereocenters. The van der Waals surface area contributed by atoms with E-state index >= 15 is 0 Å². The van der Waals surface area contributed by atoms with Gasteiger partial charge in [-0.05, 0) is 77.8 Å². The smallest absolute Gasteiger partial charge is 0.261 e. The molecule has 0 spiro atoms. The molecule has 1 N–H and O–H groups in total. The van der Waals surface area contributed by atoms with Crippen LogP contribution in [-0.4, -0.2) is 27.6 Å². The van der Waals surface area contributed by atoms with Gasteiger partial charge in [0.25, 0.3) is 5.91 Å². The Kier molecular flexibility index (Phi) is 6.23. The Morgan fingerprint density at radius 1 is 1.16 bits per heavy atom. The van der Waals surface area contributed by atoms with E-state index in [4.69, 9.17) is 9.51 Å². The fourth-order valence-corrected chi connectivity index (χ4v) is 5.24. The van der Waals surface area contributed by atoms with Gasteiger partial charge in [-0.1, -0.05) is 5.16 Å². The van der Waals surface area contributed by atoms with Gasteiger partial charge in [-0.2, -0.15) is 0 Å². The number of carbonyl (C=O) groups is 1. The number of hydrogen-bond donors (Lipinski definition) is 1. The van der Waals surface area contributed by atoms with Crippen LogP contribution in [0.1, 0.15) is 74.5 Å². The van der Waals surface area contributed by atoms with Gasteiger partial charge in [-0.3, -0.25) is 4.79 Å². The number of nitrogens with one attached hydrogen (secondary N) is 1. The Bertz CT molecular complexity index is 1070. The van der Waals surface area contributed by atoms with Gasteiger partial charge in [-0.15, -0.1) is 11.3 Å². The van der Waals surface area contributed by atoms with Crippen molar-refractivity contribution in [3.63, 3.8) is 0 Å². The molecule has 1 aliphatic carbocycles. The summed E-state index contributed by atoms with van der Waals surface area (Å²) in [6.45, 7) is 10.8. The van der Waals surface area contributed by atoms with Crippen LogP contribution >= 0.6 is 11.3 Å². The first-order valence-electron chi connectivity index (χ1n) is 11.0. The predicted molar refractivity (Wildman–Crippen MR) is 123 cm³/mol. The quantitative estimate of drug-likeness (QED) is 0.574. The monoisotopic (exact) mass is 438 g/mol. The highest BCUT2D eigenvalue weighted by atomic mass is 32.1. The molecule has 0 aliphatic heterocycles. The Balaban J connectivity index is 1.40. The van der Waals surface area contributed by atoms with Crippen molar-refractivity contribution in [1.82, 2.24) is 20.4 Å². The topological polar surface area (TPSA) is 80.9 Å². The number of rotatable bonds is 5. The van der Waals surface area contributed by atoms with E-state index in [9.17, 15) is 4.79 Å². The zero-order valence-corrected chi connectivity index (χ0v) is 19.7. The van der Waals surface area contributed by atoms with Gasteiger partial charge in [0.05, 0.1) is 21.8 Å². The van der Waals surface area contributed by atoms with Gasteiger partial charge >= 0.3 is 0 Å². The average molecular weight is 439 g/mol. The molecule has 7 heteroatoms. The molecule has 1 amide bonds. The van der Waals surface area contributed by atoms with E-state index in [1.807, 2.05) is 33.0 Å². The lowest BCUT2D eigenvalue weighted by Gasteiger charge is -2.29. The second kappa shape index (κ2) is 8.91. The number of aryl methyl sites for hydroxylation is 4. The molecule has 0 bridgehead atoms. The molecule has 31 heavy (non-hydrogen) atoms. The molecule has 1 fully saturated rings. The SMILES string of the molecule is Cc1ncc(-c2onc(C)c2C)c(C2CCC(CNC(=O)c3cc(C)c(C)s3)CC2)n1. The van der Waals surface area contributed by atoms with Gasteiger partial charge in [0.2, 0.25) is 0 Å². The van der Waals surface area contributed by atoms with Crippen molar-refractivity contribution in [2.45, 2.75) is 66.2 Å². The minimum absolute atomic E-state index is 0.0493. The molecule has 0 saturated heterocycles. The number of carbonyl (C=O) groups excluding carboxylic acids is 1. The van der Waals surface area contributed by atoms with Gasteiger partial charge in [0.1, 0.15) is 5.82 Å². The molecule has 3 aromatic heterocycles. The standard InChI is InChI=1S/C24H30N4O2S/c1-13-10-21(31-16(13)4)24(29)26-11-18-6-8-19(9-7-18)22-20(12-25-17(5)27-22)23-14(2)15(3)28-30-23/h10,12,18-19H,6-9,11H2,1-5H3,(H,26,29). The molecule has 3 aromatic rings. The molecule has 0 radical (unpaired) electrons. The largest absolute Gasteiger partial charge is 0.356 e. The predicted octanol–water partition coefficient (Wildman–Crippen LogP) is 5.44. The van der Waals surface area contributed by atoms with Gasteiger partial charge in [0, 0.05) is 29.1 Å². The Morgan fingerprint density at radius 3 is 2.52 bits per heavy atom. The van der Waals surface area contributed by atoms with E-state index in [0.29, 0.717) is 11.8 Å². The zero-order chi connectivity index (χ0) is 22.1. The van der Waals surface area contributed by atoms with E-state index in [1.54, 1.807) is 11.3 Å². The maximum Gasteiger partial charge on any atom is 0.261 e. The number of nitrogens with zero attached hydrogens (tertiary/aromatic N) is 3. The molecular formula is C24H30N4O2S. The first kappa shape index (κ1) is 21.7. The third-order valence-corrected chi connectivity index (χ3v) is 7.67. The van der Waals surface area contributed by atoms with Crippen LogP contribution in [0.15, 0.2) is 16.8 Å². The molecule has 4 rings (SSSR count). The van der Waals surface area contributed by atoms with Gasteiger partial charge in [0.15, 0.2) is 5.76 Å². The number of thiophene rings is 1. The van der Waals surface area contributed by atoms with Crippen molar-refractivity contribution in [2.75, 3.05) is 6.54 Å². The van der Waals surface area contributed by atoms with E-state index in [-0.39, 0.29) is 5.91 Å². The zero-order valence-electron chi connectivity index (χ0n) is 18.9. The lowest BCUT2D eigenvalue weighted by atomic mass is 9.79. The van der Waals surface area contributed by atoms with E-state index < -0.39 is 0 Å². The Labute approximate surface area is 187 Å². The fourth-order valence-electron chi connectivity index (χ4n) is 4.29. The summed E-state index contributed by atoms with van der Waals surface area (Å²) in [5, 5.41) is 7.26. The van der Waals surface area contributed by atoms with Crippen LogP contribution in [0.3, 0.4) is 0 Å². The average Bonchev–Trinajstić information content (AvgIpc) is 3.28. The highest BCUT2D eigenvalue weighted by molar-refractivity contribution is 7.14. The van der Waals surface area contributed by atoms with Crippen molar-refractivity contribution in [1.29, 1.82) is 0 Å². The molecule has 164 valence electrons. The molecule has 0 unspecified atom stereocenters. The van der Waals surface area contributed by atoms with E-state index in [2.05, 4.69) is 29.3 Å². The van der Waals surface area contributed by atoms with Crippen molar-refractivity contribution >= 4 is 17.2 Å². The summed E-state index contributed by atoms with van der Waals surface area (Å²) in [5.74, 6) is 2.49. The Morgan fingerprint density at radius 2 is 1.90 bits per heavy atom. The van der Waals surface area contributed by atoms with Gasteiger partial charge < -0.3 is 9.84 Å². The van der Waals surface area contributed by atoms with Crippen LogP contribution < -0.4 is 5.32 Å². The number of hydrogen-bond acceptors (Lipinski definition) is 6. The van der Waals surface area contributed by atoms with Gasteiger partial charge in [-0.25, -0.2) is 9.97 Å². The highest BCUT2D eigenvalue weighted by Crippen LogP contribution is 2.39. The van der Waals surface area contributed by atoms with Crippen LogP contribution in [-0.2, 0) is 0 Å². The Hall–Kier alpha value is -2.54. The molecular weight excluding hydrogens is 408 g/mol. The van der Waals surface area contributed by atoms with Crippen molar-refractivity contribution in [3.05, 3.63) is 50.4 Å². The third kappa shape index (κ3) is 4.56. The molecule has 0 aromatic carbocycles. The lowest BCUT2D eigenvalue weighted by Crippen LogP contribution is -2.30. The maximum atomic E-state index is 12.5. The molecule has 6 nitrogen and oxygen atoms in total. The first-order valence-corrected chi connectivity index (χ1v) is 11.8. The number of aromatic nitrogens is 3. The normalized spacial score (nSPS) is 18.9. The van der Waals surface area contributed by atoms with Crippen LogP contribution in [0.25, 0.3) is 11.3 Å². The molecule has 3 heterocycles. The van der Waals surface area contributed by atoms with Crippen molar-refractivity contribution < 1.29 is 9.32 Å². The summed E-state index contributed by atoms with van der Waals surface area (Å²) in [5.41, 5.74) is 5.16. The summed E-state index contributed by atoms with van der Waals surface area (Å²) in [7, 11) is 0. The summed E-state index contributed by atoms with van der Waals surface area (Å²) in [6.07, 6.45) is 6.12. The van der Waals surface area contributed by atoms with Crippen LogP contribution in [0, 0.1) is 40.5 Å². The van der Waals surface area contributed by atoms with Crippen molar-refractivity contribution in [3.8, 4) is 11.3 Å².